The van der Waals surface area contributed by atoms with Gasteiger partial charge in [0.25, 0.3) is 0 Å². The Morgan fingerprint density at radius 2 is 2.32 bits per heavy atom. The highest BCUT2D eigenvalue weighted by atomic mass is 16.4. The number of rotatable bonds is 3. The van der Waals surface area contributed by atoms with Gasteiger partial charge in [0, 0.05) is 12.7 Å². The lowest BCUT2D eigenvalue weighted by molar-refractivity contribution is -0.139. The molecule has 1 aliphatic heterocycles. The Bertz CT molecular complexity index is 583. The first kappa shape index (κ1) is 11.8. The molecule has 1 fully saturated rings. The van der Waals surface area contributed by atoms with Gasteiger partial charge in [-0.15, -0.1) is 5.10 Å². The third kappa shape index (κ3) is 2.32. The van der Waals surface area contributed by atoms with Gasteiger partial charge in [-0.25, -0.2) is 4.68 Å². The summed E-state index contributed by atoms with van der Waals surface area (Å²) < 4.78 is 1.71. The van der Waals surface area contributed by atoms with Crippen molar-refractivity contribution in [3.63, 3.8) is 0 Å². The molecule has 0 spiro atoms. The van der Waals surface area contributed by atoms with Crippen LogP contribution in [0.1, 0.15) is 12.5 Å². The highest BCUT2D eigenvalue weighted by Crippen LogP contribution is 2.21. The fraction of sp³-hybridized carbons (Fsp3) is 0.333. The van der Waals surface area contributed by atoms with Crippen molar-refractivity contribution in [2.75, 3.05) is 6.54 Å². The summed E-state index contributed by atoms with van der Waals surface area (Å²) in [4.78, 5) is 15.1. The highest BCUT2D eigenvalue weighted by Gasteiger charge is 2.30. The molecule has 7 heteroatoms. The zero-order valence-electron chi connectivity index (χ0n) is 10.1. The van der Waals surface area contributed by atoms with Gasteiger partial charge in [0.05, 0.1) is 17.9 Å². The number of nitrogens with zero attached hydrogens (tertiary/aromatic N) is 4. The van der Waals surface area contributed by atoms with Gasteiger partial charge in [0.1, 0.15) is 11.7 Å². The van der Waals surface area contributed by atoms with Crippen LogP contribution in [0.2, 0.25) is 0 Å². The van der Waals surface area contributed by atoms with Crippen molar-refractivity contribution < 1.29 is 9.90 Å². The van der Waals surface area contributed by atoms with E-state index in [4.69, 9.17) is 5.11 Å². The first-order valence-electron chi connectivity index (χ1n) is 6.03. The van der Waals surface area contributed by atoms with Crippen LogP contribution in [0.4, 0.5) is 0 Å². The van der Waals surface area contributed by atoms with E-state index >= 15 is 0 Å². The summed E-state index contributed by atoms with van der Waals surface area (Å²) in [7, 11) is 0. The Hall–Kier alpha value is -2.28. The van der Waals surface area contributed by atoms with E-state index in [1.54, 1.807) is 17.1 Å². The number of carboxylic acid groups (broad SMARTS) is 1. The molecule has 7 nitrogen and oxygen atoms in total. The summed E-state index contributed by atoms with van der Waals surface area (Å²) in [5.74, 6) is -0.826. The van der Waals surface area contributed by atoms with Crippen LogP contribution in [0.3, 0.4) is 0 Å². The summed E-state index contributed by atoms with van der Waals surface area (Å²) in [5, 5.41) is 20.0. The van der Waals surface area contributed by atoms with E-state index < -0.39 is 12.0 Å². The predicted molar refractivity (Wildman–Crippen MR) is 66.3 cm³/mol. The number of carbonyl (C=O) groups is 1. The van der Waals surface area contributed by atoms with Crippen LogP contribution >= 0.6 is 0 Å². The van der Waals surface area contributed by atoms with Crippen molar-refractivity contribution in [2.24, 2.45) is 0 Å². The van der Waals surface area contributed by atoms with Gasteiger partial charge < -0.3 is 10.4 Å². The molecule has 0 amide bonds. The van der Waals surface area contributed by atoms with Crippen LogP contribution in [-0.4, -0.2) is 43.6 Å². The Morgan fingerprint density at radius 3 is 3.00 bits per heavy atom. The fourth-order valence-corrected chi connectivity index (χ4v) is 2.19. The monoisotopic (exact) mass is 259 g/mol. The zero-order chi connectivity index (χ0) is 13.2. The van der Waals surface area contributed by atoms with Gasteiger partial charge in [-0.05, 0) is 18.6 Å². The molecule has 2 aromatic rings. The second kappa shape index (κ2) is 4.77. The van der Waals surface area contributed by atoms with Crippen LogP contribution in [0.25, 0.3) is 11.4 Å². The number of aliphatic carboxylic acids is 1. The molecule has 98 valence electrons. The number of pyridine rings is 1. The minimum absolute atomic E-state index is 0.0195. The molecule has 19 heavy (non-hydrogen) atoms. The summed E-state index contributed by atoms with van der Waals surface area (Å²) in [6.07, 6.45) is 4.02. The number of nitrogens with one attached hydrogen (secondary N) is 1. The molecule has 1 aliphatic rings. The van der Waals surface area contributed by atoms with Crippen molar-refractivity contribution in [3.05, 3.63) is 30.6 Å². The van der Waals surface area contributed by atoms with Crippen molar-refractivity contribution in [1.29, 1.82) is 0 Å². The summed E-state index contributed by atoms with van der Waals surface area (Å²) in [5.41, 5.74) is 1.45. The average Bonchev–Trinajstić information content (AvgIpc) is 3.09. The standard InChI is InChI=1S/C12H13N5O2/c18-12(19)10-5-8(6-14-10)17-7-11(15-16-17)9-3-1-2-4-13-9/h1-4,7-8,10,14H,5-6H2,(H,18,19). The molecule has 3 heterocycles. The van der Waals surface area contributed by atoms with Gasteiger partial charge in [0.15, 0.2) is 0 Å². The van der Waals surface area contributed by atoms with Crippen LogP contribution in [-0.2, 0) is 4.79 Å². The van der Waals surface area contributed by atoms with E-state index in [2.05, 4.69) is 20.6 Å². The first-order chi connectivity index (χ1) is 9.24. The minimum atomic E-state index is -0.826. The molecule has 2 aromatic heterocycles. The summed E-state index contributed by atoms with van der Waals surface area (Å²) >= 11 is 0. The second-order valence-corrected chi connectivity index (χ2v) is 4.49. The van der Waals surface area contributed by atoms with E-state index in [-0.39, 0.29) is 6.04 Å². The van der Waals surface area contributed by atoms with E-state index in [1.807, 2.05) is 18.2 Å². The Balaban J connectivity index is 1.78. The van der Waals surface area contributed by atoms with Crippen LogP contribution in [0.15, 0.2) is 30.6 Å². The Labute approximate surface area is 109 Å². The van der Waals surface area contributed by atoms with Crippen molar-refractivity contribution in [2.45, 2.75) is 18.5 Å². The lowest BCUT2D eigenvalue weighted by atomic mass is 10.2. The van der Waals surface area contributed by atoms with Gasteiger partial charge in [-0.1, -0.05) is 11.3 Å². The third-order valence-electron chi connectivity index (χ3n) is 3.22. The Kier molecular flexibility index (Phi) is 2.96. The SMILES string of the molecule is O=C(O)C1CC(n2cc(-c3ccccn3)nn2)CN1. The lowest BCUT2D eigenvalue weighted by Crippen LogP contribution is -2.29. The Morgan fingerprint density at radius 1 is 1.42 bits per heavy atom. The second-order valence-electron chi connectivity index (χ2n) is 4.49. The number of hydrogen-bond donors (Lipinski definition) is 2. The number of carboxylic acids is 1. The fourth-order valence-electron chi connectivity index (χ4n) is 2.19. The number of aromatic nitrogens is 4. The molecule has 3 rings (SSSR count). The molecule has 2 unspecified atom stereocenters. The van der Waals surface area contributed by atoms with Crippen molar-refractivity contribution in [1.82, 2.24) is 25.3 Å². The van der Waals surface area contributed by atoms with Crippen LogP contribution in [0, 0.1) is 0 Å². The third-order valence-corrected chi connectivity index (χ3v) is 3.22. The molecule has 0 aliphatic carbocycles. The quantitative estimate of drug-likeness (QED) is 0.825. The maximum Gasteiger partial charge on any atom is 0.320 e. The first-order valence-corrected chi connectivity index (χ1v) is 6.03. The van der Waals surface area contributed by atoms with Gasteiger partial charge in [-0.3, -0.25) is 9.78 Å². The molecule has 2 atom stereocenters. The van der Waals surface area contributed by atoms with Crippen molar-refractivity contribution in [3.8, 4) is 11.4 Å². The van der Waals surface area contributed by atoms with E-state index in [1.165, 1.54) is 0 Å². The topological polar surface area (TPSA) is 92.9 Å². The predicted octanol–water partition coefficient (Wildman–Crippen LogP) is 0.328. The van der Waals surface area contributed by atoms with E-state index in [0.29, 0.717) is 18.7 Å². The van der Waals surface area contributed by atoms with Crippen LogP contribution in [0.5, 0.6) is 0 Å². The normalized spacial score (nSPS) is 22.5. The van der Waals surface area contributed by atoms with E-state index in [9.17, 15) is 4.79 Å². The molecule has 0 aromatic carbocycles. The van der Waals surface area contributed by atoms with Gasteiger partial charge in [-0.2, -0.15) is 0 Å². The lowest BCUT2D eigenvalue weighted by Gasteiger charge is -2.06. The van der Waals surface area contributed by atoms with Crippen molar-refractivity contribution >= 4 is 5.97 Å². The molecule has 0 radical (unpaired) electrons. The zero-order valence-corrected chi connectivity index (χ0v) is 10.1. The maximum absolute atomic E-state index is 10.9. The van der Waals surface area contributed by atoms with Crippen LogP contribution < -0.4 is 5.32 Å². The number of hydrogen-bond acceptors (Lipinski definition) is 5. The summed E-state index contributed by atoms with van der Waals surface area (Å²) in [6, 6.07) is 5.10. The molecule has 1 saturated heterocycles. The molecule has 0 saturated carbocycles. The summed E-state index contributed by atoms with van der Waals surface area (Å²) in [6.45, 7) is 0.585. The van der Waals surface area contributed by atoms with Gasteiger partial charge in [0.2, 0.25) is 0 Å². The molecular formula is C12H13N5O2. The van der Waals surface area contributed by atoms with Gasteiger partial charge >= 0.3 is 5.97 Å². The largest absolute Gasteiger partial charge is 0.480 e. The highest BCUT2D eigenvalue weighted by molar-refractivity contribution is 5.73. The average molecular weight is 259 g/mol. The van der Waals surface area contributed by atoms with E-state index in [0.717, 1.165) is 5.69 Å². The smallest absolute Gasteiger partial charge is 0.320 e. The minimum Gasteiger partial charge on any atom is -0.480 e. The maximum atomic E-state index is 10.9. The molecule has 2 N–H and O–H groups in total. The molecule has 0 bridgehead atoms. The molecular weight excluding hydrogens is 246 g/mol.